The Bertz CT molecular complexity index is 593. The topological polar surface area (TPSA) is 21.3 Å². The fraction of sp³-hybridized carbons (Fsp3) is 0.333. The van der Waals surface area contributed by atoms with E-state index in [1.807, 2.05) is 31.2 Å². The van der Waals surface area contributed by atoms with Crippen LogP contribution in [-0.2, 0) is 0 Å². The minimum absolute atomic E-state index is 0.0843. The molecule has 3 rings (SSSR count). The molecule has 21 heavy (non-hydrogen) atoms. The SMILES string of the molecule is Cc1cc(Cl)ccc1O[C@@H](c1ccccc1)[C@H]1CCNC1. The fourth-order valence-electron chi connectivity index (χ4n) is 2.90. The summed E-state index contributed by atoms with van der Waals surface area (Å²) >= 11 is 6.03. The summed E-state index contributed by atoms with van der Waals surface area (Å²) in [6, 6.07) is 16.3. The quantitative estimate of drug-likeness (QED) is 0.905. The summed E-state index contributed by atoms with van der Waals surface area (Å²) in [6.07, 6.45) is 1.23. The van der Waals surface area contributed by atoms with Crippen molar-refractivity contribution in [1.82, 2.24) is 5.32 Å². The fourth-order valence-corrected chi connectivity index (χ4v) is 3.12. The van der Waals surface area contributed by atoms with E-state index in [0.29, 0.717) is 5.92 Å². The number of rotatable bonds is 4. The van der Waals surface area contributed by atoms with Gasteiger partial charge in [0, 0.05) is 17.5 Å². The molecule has 1 heterocycles. The van der Waals surface area contributed by atoms with Gasteiger partial charge >= 0.3 is 0 Å². The van der Waals surface area contributed by atoms with Crippen LogP contribution in [0.25, 0.3) is 0 Å². The minimum atomic E-state index is 0.0843. The number of ether oxygens (including phenoxy) is 1. The molecule has 0 unspecified atom stereocenters. The molecule has 0 bridgehead atoms. The second-order valence-electron chi connectivity index (χ2n) is 5.61. The number of hydrogen-bond acceptors (Lipinski definition) is 2. The Balaban J connectivity index is 1.88. The van der Waals surface area contributed by atoms with Gasteiger partial charge in [0.2, 0.25) is 0 Å². The highest BCUT2D eigenvalue weighted by atomic mass is 35.5. The summed E-state index contributed by atoms with van der Waals surface area (Å²) in [5, 5.41) is 4.18. The van der Waals surface area contributed by atoms with Gasteiger partial charge in [0.05, 0.1) is 0 Å². The van der Waals surface area contributed by atoms with Crippen LogP contribution in [0.5, 0.6) is 5.75 Å². The van der Waals surface area contributed by atoms with E-state index in [0.717, 1.165) is 35.8 Å². The molecule has 2 aromatic carbocycles. The zero-order chi connectivity index (χ0) is 14.7. The van der Waals surface area contributed by atoms with E-state index in [2.05, 4.69) is 29.6 Å². The van der Waals surface area contributed by atoms with E-state index < -0.39 is 0 Å². The number of nitrogens with one attached hydrogen (secondary N) is 1. The predicted molar refractivity (Wildman–Crippen MR) is 87.0 cm³/mol. The molecule has 2 aromatic rings. The molecule has 1 fully saturated rings. The van der Waals surface area contributed by atoms with Crippen LogP contribution in [0, 0.1) is 12.8 Å². The summed E-state index contributed by atoms with van der Waals surface area (Å²) in [5.74, 6) is 1.42. The van der Waals surface area contributed by atoms with Crippen LogP contribution in [0.4, 0.5) is 0 Å². The van der Waals surface area contributed by atoms with Crippen molar-refractivity contribution >= 4 is 11.6 Å². The van der Waals surface area contributed by atoms with E-state index >= 15 is 0 Å². The summed E-state index contributed by atoms with van der Waals surface area (Å²) in [4.78, 5) is 0. The van der Waals surface area contributed by atoms with Crippen molar-refractivity contribution in [2.45, 2.75) is 19.4 Å². The molecule has 1 aliphatic heterocycles. The maximum Gasteiger partial charge on any atom is 0.128 e. The highest BCUT2D eigenvalue weighted by molar-refractivity contribution is 6.30. The molecule has 0 amide bonds. The van der Waals surface area contributed by atoms with Crippen molar-refractivity contribution in [3.63, 3.8) is 0 Å². The van der Waals surface area contributed by atoms with Crippen molar-refractivity contribution in [2.75, 3.05) is 13.1 Å². The van der Waals surface area contributed by atoms with E-state index in [1.165, 1.54) is 5.56 Å². The first kappa shape index (κ1) is 14.4. The van der Waals surface area contributed by atoms with Crippen LogP contribution in [-0.4, -0.2) is 13.1 Å². The summed E-state index contributed by atoms with van der Waals surface area (Å²) in [7, 11) is 0. The van der Waals surface area contributed by atoms with E-state index in [4.69, 9.17) is 16.3 Å². The molecule has 0 radical (unpaired) electrons. The molecule has 3 heteroatoms. The highest BCUT2D eigenvalue weighted by Crippen LogP contribution is 2.34. The lowest BCUT2D eigenvalue weighted by Gasteiger charge is -2.25. The van der Waals surface area contributed by atoms with Crippen molar-refractivity contribution in [3.05, 3.63) is 64.7 Å². The Morgan fingerprint density at radius 3 is 2.67 bits per heavy atom. The van der Waals surface area contributed by atoms with Gasteiger partial charge in [0.1, 0.15) is 11.9 Å². The van der Waals surface area contributed by atoms with Crippen LogP contribution in [0.3, 0.4) is 0 Å². The van der Waals surface area contributed by atoms with Gasteiger partial charge in [-0.05, 0) is 49.2 Å². The zero-order valence-corrected chi connectivity index (χ0v) is 12.9. The maximum atomic E-state index is 6.37. The van der Waals surface area contributed by atoms with Gasteiger partial charge < -0.3 is 10.1 Å². The average Bonchev–Trinajstić information content (AvgIpc) is 3.01. The van der Waals surface area contributed by atoms with Gasteiger partial charge in [-0.15, -0.1) is 0 Å². The van der Waals surface area contributed by atoms with Crippen LogP contribution in [0.2, 0.25) is 5.02 Å². The Hall–Kier alpha value is -1.51. The van der Waals surface area contributed by atoms with Crippen LogP contribution >= 0.6 is 11.6 Å². The largest absolute Gasteiger partial charge is 0.485 e. The predicted octanol–water partition coefficient (Wildman–Crippen LogP) is 4.38. The van der Waals surface area contributed by atoms with Gasteiger partial charge in [-0.2, -0.15) is 0 Å². The molecule has 110 valence electrons. The Morgan fingerprint density at radius 1 is 1.19 bits per heavy atom. The molecule has 1 aliphatic rings. The van der Waals surface area contributed by atoms with Crippen molar-refractivity contribution in [1.29, 1.82) is 0 Å². The average molecular weight is 302 g/mol. The number of halogens is 1. The molecule has 1 N–H and O–H groups in total. The van der Waals surface area contributed by atoms with Crippen LogP contribution < -0.4 is 10.1 Å². The molecule has 0 saturated carbocycles. The number of hydrogen-bond donors (Lipinski definition) is 1. The van der Waals surface area contributed by atoms with Crippen molar-refractivity contribution < 1.29 is 4.74 Å². The highest BCUT2D eigenvalue weighted by Gasteiger charge is 2.28. The van der Waals surface area contributed by atoms with Crippen molar-refractivity contribution in [2.24, 2.45) is 5.92 Å². The normalized spacial score (nSPS) is 19.4. The molecule has 2 atom stereocenters. The lowest BCUT2D eigenvalue weighted by molar-refractivity contribution is 0.143. The van der Waals surface area contributed by atoms with Gasteiger partial charge in [-0.25, -0.2) is 0 Å². The zero-order valence-electron chi connectivity index (χ0n) is 12.2. The number of aryl methyl sites for hydroxylation is 1. The van der Waals surface area contributed by atoms with Gasteiger partial charge in [0.15, 0.2) is 0 Å². The van der Waals surface area contributed by atoms with Crippen LogP contribution in [0.15, 0.2) is 48.5 Å². The third-order valence-corrected chi connectivity index (χ3v) is 4.28. The number of benzene rings is 2. The molecular formula is C18H20ClNO. The first-order valence-corrected chi connectivity index (χ1v) is 7.80. The van der Waals surface area contributed by atoms with Gasteiger partial charge in [0.25, 0.3) is 0 Å². The second kappa shape index (κ2) is 6.50. The molecule has 0 spiro atoms. The molecule has 0 aromatic heterocycles. The molecule has 1 saturated heterocycles. The lowest BCUT2D eigenvalue weighted by Crippen LogP contribution is -2.21. The lowest BCUT2D eigenvalue weighted by atomic mass is 9.94. The molecular weight excluding hydrogens is 282 g/mol. The third kappa shape index (κ3) is 3.39. The minimum Gasteiger partial charge on any atom is -0.485 e. The van der Waals surface area contributed by atoms with Crippen molar-refractivity contribution in [3.8, 4) is 5.75 Å². The monoisotopic (exact) mass is 301 g/mol. The third-order valence-electron chi connectivity index (χ3n) is 4.05. The summed E-state index contributed by atoms with van der Waals surface area (Å²) in [6.45, 7) is 4.11. The van der Waals surface area contributed by atoms with Gasteiger partial charge in [-0.1, -0.05) is 41.9 Å². The van der Waals surface area contributed by atoms with Crippen LogP contribution in [0.1, 0.15) is 23.7 Å². The first-order valence-electron chi connectivity index (χ1n) is 7.42. The smallest absolute Gasteiger partial charge is 0.128 e. The van der Waals surface area contributed by atoms with E-state index in [1.54, 1.807) is 0 Å². The maximum absolute atomic E-state index is 6.37. The Kier molecular flexibility index (Phi) is 4.47. The van der Waals surface area contributed by atoms with E-state index in [9.17, 15) is 0 Å². The van der Waals surface area contributed by atoms with E-state index in [-0.39, 0.29) is 6.10 Å². The second-order valence-corrected chi connectivity index (χ2v) is 6.05. The standard InChI is InChI=1S/C18H20ClNO/c1-13-11-16(19)7-8-17(13)21-18(15-9-10-20-12-15)14-5-3-2-4-6-14/h2-8,11,15,18,20H,9-10,12H2,1H3/t15-,18-/m0/s1. The summed E-state index contributed by atoms with van der Waals surface area (Å²) < 4.78 is 6.37. The van der Waals surface area contributed by atoms with Gasteiger partial charge in [-0.3, -0.25) is 0 Å². The Morgan fingerprint density at radius 2 is 2.00 bits per heavy atom. The Labute approximate surface area is 131 Å². The molecule has 2 nitrogen and oxygen atoms in total. The summed E-state index contributed by atoms with van der Waals surface area (Å²) in [5.41, 5.74) is 2.31. The molecule has 0 aliphatic carbocycles. The first-order chi connectivity index (χ1) is 10.2.